The standard InChI is InChI=1S/C11H10F4N2O3/c1-17(4-9(14)15)11(20)16-8-2-5(10(18)19)6(12)3-7(8)13/h2-3,9H,4H2,1H3,(H,16,20)(H,18,19). The van der Waals surface area contributed by atoms with Crippen molar-refractivity contribution >= 4 is 17.7 Å². The number of carboxylic acids is 1. The molecule has 0 atom stereocenters. The van der Waals surface area contributed by atoms with E-state index in [0.717, 1.165) is 7.05 Å². The summed E-state index contributed by atoms with van der Waals surface area (Å²) in [4.78, 5) is 22.7. The number of nitrogens with zero attached hydrogens (tertiary/aromatic N) is 1. The minimum atomic E-state index is -2.78. The molecule has 0 unspecified atom stereocenters. The van der Waals surface area contributed by atoms with Gasteiger partial charge < -0.3 is 15.3 Å². The largest absolute Gasteiger partial charge is 0.478 e. The molecule has 0 aliphatic carbocycles. The normalized spacial score (nSPS) is 10.5. The first-order valence-electron chi connectivity index (χ1n) is 5.25. The lowest BCUT2D eigenvalue weighted by atomic mass is 10.2. The zero-order valence-electron chi connectivity index (χ0n) is 10.2. The van der Waals surface area contributed by atoms with E-state index in [0.29, 0.717) is 11.0 Å². The van der Waals surface area contributed by atoms with Crippen molar-refractivity contribution < 1.29 is 32.3 Å². The quantitative estimate of drug-likeness (QED) is 0.838. The molecule has 0 bridgehead atoms. The van der Waals surface area contributed by atoms with E-state index >= 15 is 0 Å². The second-order valence-corrected chi connectivity index (χ2v) is 3.82. The van der Waals surface area contributed by atoms with E-state index < -0.39 is 47.9 Å². The molecule has 0 aliphatic rings. The Bertz CT molecular complexity index is 537. The zero-order chi connectivity index (χ0) is 15.4. The number of aromatic carboxylic acids is 1. The van der Waals surface area contributed by atoms with Gasteiger partial charge in [-0.3, -0.25) is 0 Å². The third-order valence-corrected chi connectivity index (χ3v) is 2.29. The monoisotopic (exact) mass is 294 g/mol. The van der Waals surface area contributed by atoms with Crippen LogP contribution < -0.4 is 5.32 Å². The molecule has 5 nitrogen and oxygen atoms in total. The molecule has 110 valence electrons. The summed E-state index contributed by atoms with van der Waals surface area (Å²) in [5.41, 5.74) is -1.46. The fourth-order valence-corrected chi connectivity index (χ4v) is 1.31. The topological polar surface area (TPSA) is 69.6 Å². The van der Waals surface area contributed by atoms with Crippen molar-refractivity contribution in [2.24, 2.45) is 0 Å². The van der Waals surface area contributed by atoms with Gasteiger partial charge in [0.05, 0.1) is 17.8 Å². The molecule has 0 spiro atoms. The van der Waals surface area contributed by atoms with E-state index in [1.807, 2.05) is 5.32 Å². The lowest BCUT2D eigenvalue weighted by Crippen LogP contribution is -2.35. The Labute approximate surface area is 110 Å². The lowest BCUT2D eigenvalue weighted by molar-refractivity contribution is 0.0691. The van der Waals surface area contributed by atoms with E-state index in [1.165, 1.54) is 0 Å². The summed E-state index contributed by atoms with van der Waals surface area (Å²) in [5.74, 6) is -4.18. The van der Waals surface area contributed by atoms with Crippen LogP contribution in [0.5, 0.6) is 0 Å². The van der Waals surface area contributed by atoms with Gasteiger partial charge in [-0.25, -0.2) is 27.2 Å². The smallest absolute Gasteiger partial charge is 0.338 e. The number of urea groups is 1. The molecule has 0 saturated carbocycles. The molecule has 0 aromatic heterocycles. The molecule has 2 N–H and O–H groups in total. The molecule has 9 heteroatoms. The van der Waals surface area contributed by atoms with E-state index in [4.69, 9.17) is 5.11 Å². The first-order valence-corrected chi connectivity index (χ1v) is 5.25. The van der Waals surface area contributed by atoms with Gasteiger partial charge >= 0.3 is 12.0 Å². The summed E-state index contributed by atoms with van der Waals surface area (Å²) >= 11 is 0. The lowest BCUT2D eigenvalue weighted by Gasteiger charge is -2.17. The number of carbonyl (C=O) groups excluding carboxylic acids is 1. The Balaban J connectivity index is 2.95. The molecule has 1 aromatic rings. The summed E-state index contributed by atoms with van der Waals surface area (Å²) in [6.45, 7) is -0.888. The number of nitrogens with one attached hydrogen (secondary N) is 1. The van der Waals surface area contributed by atoms with Gasteiger partial charge in [-0.1, -0.05) is 0 Å². The van der Waals surface area contributed by atoms with Crippen LogP contribution in [0.4, 0.5) is 28.0 Å². The third kappa shape index (κ3) is 3.84. The maximum Gasteiger partial charge on any atom is 0.338 e. The highest BCUT2D eigenvalue weighted by Gasteiger charge is 2.19. The summed E-state index contributed by atoms with van der Waals surface area (Å²) in [6, 6.07) is -0.222. The average molecular weight is 294 g/mol. The van der Waals surface area contributed by atoms with Crippen LogP contribution >= 0.6 is 0 Å². The van der Waals surface area contributed by atoms with Gasteiger partial charge in [0.15, 0.2) is 0 Å². The van der Waals surface area contributed by atoms with Crippen LogP contribution in [0.2, 0.25) is 0 Å². The minimum Gasteiger partial charge on any atom is -0.478 e. The number of carbonyl (C=O) groups is 2. The van der Waals surface area contributed by atoms with Crippen LogP contribution in [0.1, 0.15) is 10.4 Å². The first kappa shape index (κ1) is 15.7. The van der Waals surface area contributed by atoms with Crippen LogP contribution in [-0.4, -0.2) is 42.0 Å². The Morgan fingerprint density at radius 1 is 1.30 bits per heavy atom. The number of hydrogen-bond donors (Lipinski definition) is 2. The van der Waals surface area contributed by atoms with Crippen molar-refractivity contribution in [3.63, 3.8) is 0 Å². The van der Waals surface area contributed by atoms with Crippen molar-refractivity contribution in [2.45, 2.75) is 6.43 Å². The molecule has 0 heterocycles. The molecule has 0 fully saturated rings. The van der Waals surface area contributed by atoms with E-state index in [-0.39, 0.29) is 6.07 Å². The molecule has 0 radical (unpaired) electrons. The number of carboxylic acid groups (broad SMARTS) is 1. The number of rotatable bonds is 4. The minimum absolute atomic E-state index is 0.284. The maximum atomic E-state index is 13.4. The predicted octanol–water partition coefficient (Wildman–Crippen LogP) is 2.39. The number of halogens is 4. The van der Waals surface area contributed by atoms with Crippen molar-refractivity contribution in [1.29, 1.82) is 0 Å². The van der Waals surface area contributed by atoms with Crippen LogP contribution in [-0.2, 0) is 0 Å². The van der Waals surface area contributed by atoms with Gasteiger partial charge in [0.25, 0.3) is 6.43 Å². The molecule has 0 saturated heterocycles. The van der Waals surface area contributed by atoms with Gasteiger partial charge in [0, 0.05) is 13.1 Å². The summed E-state index contributed by atoms with van der Waals surface area (Å²) in [5, 5.41) is 10.5. The third-order valence-electron chi connectivity index (χ3n) is 2.29. The molecule has 1 aromatic carbocycles. The first-order chi connectivity index (χ1) is 9.22. The van der Waals surface area contributed by atoms with Crippen molar-refractivity contribution in [3.8, 4) is 0 Å². The van der Waals surface area contributed by atoms with Crippen LogP contribution in [0.3, 0.4) is 0 Å². The molecule has 1 rings (SSSR count). The summed E-state index contributed by atoms with van der Waals surface area (Å²) in [7, 11) is 1.04. The molecular formula is C11H10F4N2O3. The molecular weight excluding hydrogens is 284 g/mol. The van der Waals surface area contributed by atoms with E-state index in [2.05, 4.69) is 0 Å². The summed E-state index contributed by atoms with van der Waals surface area (Å²) < 4.78 is 50.6. The maximum absolute atomic E-state index is 13.4. The Kier molecular flexibility index (Phi) is 4.89. The predicted molar refractivity (Wildman–Crippen MR) is 61.0 cm³/mol. The highest BCUT2D eigenvalue weighted by molar-refractivity contribution is 5.93. The fraction of sp³-hybridized carbons (Fsp3) is 0.273. The van der Waals surface area contributed by atoms with E-state index in [1.54, 1.807) is 0 Å². The average Bonchev–Trinajstić information content (AvgIpc) is 2.30. The van der Waals surface area contributed by atoms with Crippen LogP contribution in [0.25, 0.3) is 0 Å². The second kappa shape index (κ2) is 6.22. The molecule has 20 heavy (non-hydrogen) atoms. The Morgan fingerprint density at radius 3 is 2.40 bits per heavy atom. The van der Waals surface area contributed by atoms with Gasteiger partial charge in [-0.15, -0.1) is 0 Å². The molecule has 2 amide bonds. The Hall–Kier alpha value is -2.32. The van der Waals surface area contributed by atoms with Crippen molar-refractivity contribution in [2.75, 3.05) is 18.9 Å². The van der Waals surface area contributed by atoms with E-state index in [9.17, 15) is 27.2 Å². The van der Waals surface area contributed by atoms with Gasteiger partial charge in [-0.05, 0) is 6.07 Å². The zero-order valence-corrected chi connectivity index (χ0v) is 10.2. The number of hydrogen-bond acceptors (Lipinski definition) is 2. The number of benzene rings is 1. The summed E-state index contributed by atoms with van der Waals surface area (Å²) in [6.07, 6.45) is -2.78. The van der Waals surface area contributed by atoms with Gasteiger partial charge in [-0.2, -0.15) is 0 Å². The van der Waals surface area contributed by atoms with Gasteiger partial charge in [0.2, 0.25) is 0 Å². The van der Waals surface area contributed by atoms with Crippen LogP contribution in [0.15, 0.2) is 12.1 Å². The highest BCUT2D eigenvalue weighted by Crippen LogP contribution is 2.20. The van der Waals surface area contributed by atoms with Crippen molar-refractivity contribution in [3.05, 3.63) is 29.3 Å². The van der Waals surface area contributed by atoms with Crippen molar-refractivity contribution in [1.82, 2.24) is 4.90 Å². The number of amides is 2. The second-order valence-electron chi connectivity index (χ2n) is 3.82. The van der Waals surface area contributed by atoms with Gasteiger partial charge in [0.1, 0.15) is 11.6 Å². The number of alkyl halides is 2. The Morgan fingerprint density at radius 2 is 1.90 bits per heavy atom. The fourth-order valence-electron chi connectivity index (χ4n) is 1.31. The SMILES string of the molecule is CN(CC(F)F)C(=O)Nc1cc(C(=O)O)c(F)cc1F. The molecule has 0 aliphatic heterocycles. The van der Waals surface area contributed by atoms with Crippen LogP contribution in [0, 0.1) is 11.6 Å². The number of anilines is 1. The highest BCUT2D eigenvalue weighted by atomic mass is 19.3.